The van der Waals surface area contributed by atoms with Crippen molar-refractivity contribution >= 4 is 5.82 Å². The molecule has 1 aromatic carbocycles. The van der Waals surface area contributed by atoms with Gasteiger partial charge in [0.25, 0.3) is 6.43 Å². The Morgan fingerprint density at radius 3 is 2.70 bits per heavy atom. The molecule has 4 nitrogen and oxygen atoms in total. The molecule has 0 radical (unpaired) electrons. The maximum absolute atomic E-state index is 12.7. The molecule has 1 aromatic heterocycles. The molecule has 2 rings (SSSR count). The van der Waals surface area contributed by atoms with E-state index in [9.17, 15) is 8.78 Å². The van der Waals surface area contributed by atoms with Crippen LogP contribution in [0.4, 0.5) is 14.6 Å². The largest absolute Gasteiger partial charge is 0.378 e. The lowest BCUT2D eigenvalue weighted by Gasteiger charge is -2.08. The summed E-state index contributed by atoms with van der Waals surface area (Å²) in [5, 5.41) is 2.92. The quantitative estimate of drug-likeness (QED) is 0.912. The molecule has 0 saturated carbocycles. The van der Waals surface area contributed by atoms with Gasteiger partial charge in [-0.1, -0.05) is 18.2 Å². The number of aromatic nitrogens is 2. The molecule has 0 saturated heterocycles. The van der Waals surface area contributed by atoms with Crippen LogP contribution in [0.25, 0.3) is 11.4 Å². The third-order valence-electron chi connectivity index (χ3n) is 2.72. The SMILES string of the molecule is CNc1cc(COC)nc(-c2cccc(C(F)F)c2)n1. The van der Waals surface area contributed by atoms with Crippen molar-refractivity contribution in [1.29, 1.82) is 0 Å². The fourth-order valence-electron chi connectivity index (χ4n) is 1.79. The number of hydrogen-bond donors (Lipinski definition) is 1. The first-order valence-electron chi connectivity index (χ1n) is 6.07. The monoisotopic (exact) mass is 279 g/mol. The highest BCUT2D eigenvalue weighted by Crippen LogP contribution is 2.24. The second-order valence-corrected chi connectivity index (χ2v) is 4.18. The number of anilines is 1. The lowest BCUT2D eigenvalue weighted by atomic mass is 10.1. The molecule has 0 aliphatic heterocycles. The van der Waals surface area contributed by atoms with Gasteiger partial charge >= 0.3 is 0 Å². The molecule has 2 aromatic rings. The zero-order chi connectivity index (χ0) is 14.5. The maximum Gasteiger partial charge on any atom is 0.263 e. The van der Waals surface area contributed by atoms with E-state index in [0.717, 1.165) is 0 Å². The van der Waals surface area contributed by atoms with Gasteiger partial charge in [-0.2, -0.15) is 0 Å². The molecular weight excluding hydrogens is 264 g/mol. The minimum atomic E-state index is -2.51. The van der Waals surface area contributed by atoms with Crippen LogP contribution in [0.1, 0.15) is 17.7 Å². The lowest BCUT2D eigenvalue weighted by molar-refractivity contribution is 0.151. The zero-order valence-electron chi connectivity index (χ0n) is 11.2. The van der Waals surface area contributed by atoms with Crippen molar-refractivity contribution in [2.75, 3.05) is 19.5 Å². The summed E-state index contributed by atoms with van der Waals surface area (Å²) in [5.74, 6) is 1.01. The number of nitrogens with one attached hydrogen (secondary N) is 1. The molecule has 0 spiro atoms. The highest BCUT2D eigenvalue weighted by Gasteiger charge is 2.11. The van der Waals surface area contributed by atoms with Crippen LogP contribution in [-0.4, -0.2) is 24.1 Å². The van der Waals surface area contributed by atoms with E-state index >= 15 is 0 Å². The van der Waals surface area contributed by atoms with Gasteiger partial charge < -0.3 is 10.1 Å². The summed E-state index contributed by atoms with van der Waals surface area (Å²) in [6.45, 7) is 0.332. The second kappa shape index (κ2) is 6.38. The van der Waals surface area contributed by atoms with Gasteiger partial charge in [-0.25, -0.2) is 18.7 Å². The minimum Gasteiger partial charge on any atom is -0.378 e. The summed E-state index contributed by atoms with van der Waals surface area (Å²) in [6, 6.07) is 7.81. The van der Waals surface area contributed by atoms with Crippen molar-refractivity contribution < 1.29 is 13.5 Å². The minimum absolute atomic E-state index is 0.0470. The lowest BCUT2D eigenvalue weighted by Crippen LogP contribution is -2.02. The predicted molar refractivity (Wildman–Crippen MR) is 72.7 cm³/mol. The van der Waals surface area contributed by atoms with Gasteiger partial charge in [-0.15, -0.1) is 0 Å². The van der Waals surface area contributed by atoms with Gasteiger partial charge in [-0.3, -0.25) is 0 Å². The van der Waals surface area contributed by atoms with Crippen molar-refractivity contribution in [3.05, 3.63) is 41.6 Å². The summed E-state index contributed by atoms with van der Waals surface area (Å²) < 4.78 is 30.5. The van der Waals surface area contributed by atoms with E-state index in [4.69, 9.17) is 4.74 Å². The Morgan fingerprint density at radius 2 is 2.05 bits per heavy atom. The Bertz CT molecular complexity index is 590. The number of ether oxygens (including phenoxy) is 1. The number of rotatable bonds is 5. The van der Waals surface area contributed by atoms with E-state index in [0.29, 0.717) is 29.5 Å². The van der Waals surface area contributed by atoms with E-state index < -0.39 is 6.43 Å². The third-order valence-corrected chi connectivity index (χ3v) is 2.72. The number of nitrogens with zero attached hydrogens (tertiary/aromatic N) is 2. The number of hydrogen-bond acceptors (Lipinski definition) is 4. The van der Waals surface area contributed by atoms with Gasteiger partial charge in [0.15, 0.2) is 5.82 Å². The Kier molecular flexibility index (Phi) is 4.57. The Labute approximate surface area is 115 Å². The first kappa shape index (κ1) is 14.3. The molecule has 0 aliphatic carbocycles. The first-order chi connectivity index (χ1) is 9.63. The topological polar surface area (TPSA) is 47.0 Å². The molecule has 0 unspecified atom stereocenters. The molecule has 106 valence electrons. The van der Waals surface area contributed by atoms with E-state index in [1.54, 1.807) is 32.4 Å². The van der Waals surface area contributed by atoms with Crippen molar-refractivity contribution in [1.82, 2.24) is 9.97 Å². The van der Waals surface area contributed by atoms with Gasteiger partial charge in [0.05, 0.1) is 12.3 Å². The van der Waals surface area contributed by atoms with Crippen LogP contribution in [0.5, 0.6) is 0 Å². The first-order valence-corrected chi connectivity index (χ1v) is 6.07. The van der Waals surface area contributed by atoms with Gasteiger partial charge in [-0.05, 0) is 6.07 Å². The van der Waals surface area contributed by atoms with Crippen LogP contribution in [-0.2, 0) is 11.3 Å². The molecule has 0 amide bonds. The standard InChI is InChI=1S/C14H15F2N3O/c1-17-12-7-11(8-20-2)18-14(19-12)10-5-3-4-9(6-10)13(15)16/h3-7,13H,8H2,1-2H3,(H,17,18,19). The molecule has 0 aliphatic rings. The summed E-state index contributed by atoms with van der Waals surface area (Å²) in [6.07, 6.45) is -2.51. The van der Waals surface area contributed by atoms with Crippen LogP contribution in [0.2, 0.25) is 0 Å². The molecule has 6 heteroatoms. The van der Waals surface area contributed by atoms with E-state index in [-0.39, 0.29) is 5.56 Å². The van der Waals surface area contributed by atoms with Crippen molar-refractivity contribution in [3.8, 4) is 11.4 Å². The summed E-state index contributed by atoms with van der Waals surface area (Å²) in [7, 11) is 3.30. The van der Waals surface area contributed by atoms with E-state index in [2.05, 4.69) is 15.3 Å². The number of halogens is 2. The fourth-order valence-corrected chi connectivity index (χ4v) is 1.79. The molecule has 0 bridgehead atoms. The Hall–Kier alpha value is -2.08. The Morgan fingerprint density at radius 1 is 1.25 bits per heavy atom. The molecule has 20 heavy (non-hydrogen) atoms. The van der Waals surface area contributed by atoms with E-state index in [1.807, 2.05) is 0 Å². The third kappa shape index (κ3) is 3.27. The summed E-state index contributed by atoms with van der Waals surface area (Å²) in [4.78, 5) is 8.60. The van der Waals surface area contributed by atoms with Crippen molar-refractivity contribution in [3.63, 3.8) is 0 Å². The molecule has 1 heterocycles. The van der Waals surface area contributed by atoms with Gasteiger partial charge in [0.1, 0.15) is 5.82 Å². The van der Waals surface area contributed by atoms with Crippen LogP contribution in [0.15, 0.2) is 30.3 Å². The normalized spacial score (nSPS) is 10.8. The highest BCUT2D eigenvalue weighted by atomic mass is 19.3. The zero-order valence-corrected chi connectivity index (χ0v) is 11.2. The summed E-state index contributed by atoms with van der Waals surface area (Å²) >= 11 is 0. The second-order valence-electron chi connectivity index (χ2n) is 4.18. The average Bonchev–Trinajstić information content (AvgIpc) is 2.47. The van der Waals surface area contributed by atoms with Gasteiger partial charge in [0, 0.05) is 31.4 Å². The maximum atomic E-state index is 12.7. The molecule has 0 fully saturated rings. The van der Waals surface area contributed by atoms with Crippen molar-refractivity contribution in [2.45, 2.75) is 13.0 Å². The molecule has 1 N–H and O–H groups in total. The predicted octanol–water partition coefficient (Wildman–Crippen LogP) is 3.27. The van der Waals surface area contributed by atoms with Crippen LogP contribution >= 0.6 is 0 Å². The average molecular weight is 279 g/mol. The Balaban J connectivity index is 2.45. The fraction of sp³-hybridized carbons (Fsp3) is 0.286. The van der Waals surface area contributed by atoms with Crippen LogP contribution < -0.4 is 5.32 Å². The van der Waals surface area contributed by atoms with Crippen molar-refractivity contribution in [2.24, 2.45) is 0 Å². The molecular formula is C14H15F2N3O. The summed E-state index contributed by atoms with van der Waals surface area (Å²) in [5.41, 5.74) is 1.19. The van der Waals surface area contributed by atoms with E-state index in [1.165, 1.54) is 12.1 Å². The van der Waals surface area contributed by atoms with Crippen LogP contribution in [0, 0.1) is 0 Å². The van der Waals surface area contributed by atoms with Crippen LogP contribution in [0.3, 0.4) is 0 Å². The number of methoxy groups -OCH3 is 1. The number of alkyl halides is 2. The highest BCUT2D eigenvalue weighted by molar-refractivity contribution is 5.58. The smallest absolute Gasteiger partial charge is 0.263 e. The molecule has 0 atom stereocenters. The van der Waals surface area contributed by atoms with Gasteiger partial charge in [0.2, 0.25) is 0 Å². The number of benzene rings is 1.